The van der Waals surface area contributed by atoms with Crippen molar-refractivity contribution in [1.29, 1.82) is 0 Å². The minimum absolute atomic E-state index is 0.103. The summed E-state index contributed by atoms with van der Waals surface area (Å²) in [4.78, 5) is 12.1. The Morgan fingerprint density at radius 1 is 1.11 bits per heavy atom. The number of aromatic nitrogens is 4. The number of hydrogen-bond acceptors (Lipinski definition) is 5. The molecule has 3 aromatic rings. The van der Waals surface area contributed by atoms with Crippen molar-refractivity contribution >= 4 is 22.9 Å². The first kappa shape index (κ1) is 11.4. The van der Waals surface area contributed by atoms with E-state index in [4.69, 9.17) is 11.5 Å². The molecule has 2 heterocycles. The van der Waals surface area contributed by atoms with Crippen LogP contribution in [0.5, 0.6) is 0 Å². The second-order valence-electron chi connectivity index (χ2n) is 4.14. The minimum Gasteiger partial charge on any atom is -0.382 e. The number of anilines is 2. The summed E-state index contributed by atoms with van der Waals surface area (Å²) in [5.74, 6) is 0.0845. The van der Waals surface area contributed by atoms with Crippen molar-refractivity contribution in [3.05, 3.63) is 42.0 Å². The lowest BCUT2D eigenvalue weighted by atomic mass is 10.2. The van der Waals surface area contributed by atoms with E-state index in [0.29, 0.717) is 17.7 Å². The molecule has 0 saturated heterocycles. The largest absolute Gasteiger partial charge is 0.382 e. The van der Waals surface area contributed by atoms with Gasteiger partial charge in [0.2, 0.25) is 5.95 Å². The van der Waals surface area contributed by atoms with Crippen LogP contribution in [0.15, 0.2) is 30.6 Å². The van der Waals surface area contributed by atoms with E-state index in [1.54, 1.807) is 23.0 Å². The maximum Gasteiger partial charge on any atom is 0.224 e. The van der Waals surface area contributed by atoms with Crippen LogP contribution >= 0.6 is 0 Å². The van der Waals surface area contributed by atoms with Crippen molar-refractivity contribution in [3.63, 3.8) is 0 Å². The molecule has 0 saturated carbocycles. The van der Waals surface area contributed by atoms with E-state index in [-0.39, 0.29) is 17.6 Å². The summed E-state index contributed by atoms with van der Waals surface area (Å²) in [5.41, 5.74) is 13.3. The molecule has 0 radical (unpaired) electrons. The van der Waals surface area contributed by atoms with Crippen LogP contribution in [0.3, 0.4) is 0 Å². The Labute approximate surface area is 107 Å². The number of hydrogen-bond donors (Lipinski definition) is 2. The van der Waals surface area contributed by atoms with Gasteiger partial charge in [-0.2, -0.15) is 9.97 Å². The molecule has 7 heteroatoms. The van der Waals surface area contributed by atoms with Crippen LogP contribution in [-0.2, 0) is 6.54 Å². The van der Waals surface area contributed by atoms with Gasteiger partial charge in [0.05, 0.1) is 12.9 Å². The second kappa shape index (κ2) is 4.20. The lowest BCUT2D eigenvalue weighted by Crippen LogP contribution is -2.04. The lowest BCUT2D eigenvalue weighted by Gasteiger charge is -2.04. The molecule has 0 atom stereocenters. The molecular weight excluding hydrogens is 247 g/mol. The van der Waals surface area contributed by atoms with E-state index in [0.717, 1.165) is 5.56 Å². The van der Waals surface area contributed by atoms with E-state index < -0.39 is 0 Å². The van der Waals surface area contributed by atoms with Gasteiger partial charge in [-0.05, 0) is 17.7 Å². The molecule has 0 aliphatic carbocycles. The first-order valence-electron chi connectivity index (χ1n) is 5.62. The fourth-order valence-corrected chi connectivity index (χ4v) is 1.89. The molecule has 1 aromatic carbocycles. The quantitative estimate of drug-likeness (QED) is 0.719. The van der Waals surface area contributed by atoms with Crippen LogP contribution in [0.4, 0.5) is 16.2 Å². The third-order valence-corrected chi connectivity index (χ3v) is 2.77. The van der Waals surface area contributed by atoms with Gasteiger partial charge in [-0.3, -0.25) is 0 Å². The molecule has 0 aliphatic heterocycles. The monoisotopic (exact) mass is 258 g/mol. The zero-order valence-electron chi connectivity index (χ0n) is 9.92. The smallest absolute Gasteiger partial charge is 0.224 e. The van der Waals surface area contributed by atoms with E-state index in [9.17, 15) is 4.39 Å². The van der Waals surface area contributed by atoms with E-state index >= 15 is 0 Å². The number of halogens is 1. The predicted molar refractivity (Wildman–Crippen MR) is 69.6 cm³/mol. The Balaban J connectivity index is 2.03. The molecule has 2 aromatic heterocycles. The number of nitrogen functional groups attached to an aromatic ring is 2. The van der Waals surface area contributed by atoms with Crippen LogP contribution in [0.25, 0.3) is 11.2 Å². The standard InChI is InChI=1S/C12H11FN6/c13-8-3-1-7(2-4-8)5-19-6-16-9-10(14)17-12(15)18-11(9)19/h1-4,6H,5H2,(H4,14,15,17,18). The Morgan fingerprint density at radius 3 is 2.58 bits per heavy atom. The third kappa shape index (κ3) is 2.05. The Bertz CT molecular complexity index is 734. The van der Waals surface area contributed by atoms with Crippen LogP contribution in [0.1, 0.15) is 5.56 Å². The summed E-state index contributed by atoms with van der Waals surface area (Å²) < 4.78 is 14.6. The van der Waals surface area contributed by atoms with E-state index in [1.807, 2.05) is 0 Å². The van der Waals surface area contributed by atoms with Crippen LogP contribution in [0.2, 0.25) is 0 Å². The van der Waals surface area contributed by atoms with Crippen molar-refractivity contribution in [3.8, 4) is 0 Å². The summed E-state index contributed by atoms with van der Waals surface area (Å²) in [6.07, 6.45) is 1.61. The fourth-order valence-electron chi connectivity index (χ4n) is 1.89. The molecule has 0 bridgehead atoms. The molecule has 19 heavy (non-hydrogen) atoms. The van der Waals surface area contributed by atoms with Crippen LogP contribution < -0.4 is 11.5 Å². The zero-order chi connectivity index (χ0) is 13.4. The molecule has 0 spiro atoms. The lowest BCUT2D eigenvalue weighted by molar-refractivity contribution is 0.626. The molecule has 0 fully saturated rings. The predicted octanol–water partition coefficient (Wildman–Crippen LogP) is 1.18. The number of nitrogens with zero attached hydrogens (tertiary/aromatic N) is 4. The summed E-state index contributed by atoms with van der Waals surface area (Å²) in [6.45, 7) is 0.507. The highest BCUT2D eigenvalue weighted by Gasteiger charge is 2.10. The van der Waals surface area contributed by atoms with Gasteiger partial charge in [0.1, 0.15) is 11.3 Å². The topological polar surface area (TPSA) is 95.6 Å². The highest BCUT2D eigenvalue weighted by Crippen LogP contribution is 2.18. The summed E-state index contributed by atoms with van der Waals surface area (Å²) in [6, 6.07) is 6.22. The molecule has 96 valence electrons. The second-order valence-corrected chi connectivity index (χ2v) is 4.14. The maximum absolute atomic E-state index is 12.9. The van der Waals surface area contributed by atoms with Crippen molar-refractivity contribution in [2.45, 2.75) is 6.54 Å². The van der Waals surface area contributed by atoms with Crippen molar-refractivity contribution in [2.24, 2.45) is 0 Å². The van der Waals surface area contributed by atoms with Crippen molar-refractivity contribution in [2.75, 3.05) is 11.5 Å². The summed E-state index contributed by atoms with van der Waals surface area (Å²) >= 11 is 0. The molecule has 3 rings (SSSR count). The molecule has 6 nitrogen and oxygen atoms in total. The molecule has 4 N–H and O–H groups in total. The first-order chi connectivity index (χ1) is 9.13. The fraction of sp³-hybridized carbons (Fsp3) is 0.0833. The number of imidazole rings is 1. The molecule has 0 unspecified atom stereocenters. The average Bonchev–Trinajstić information content (AvgIpc) is 2.76. The minimum atomic E-state index is -0.268. The number of rotatable bonds is 2. The van der Waals surface area contributed by atoms with Crippen molar-refractivity contribution < 1.29 is 4.39 Å². The number of benzene rings is 1. The van der Waals surface area contributed by atoms with Gasteiger partial charge >= 0.3 is 0 Å². The number of nitrogens with two attached hydrogens (primary N) is 2. The van der Waals surface area contributed by atoms with Crippen LogP contribution in [0, 0.1) is 5.82 Å². The van der Waals surface area contributed by atoms with Gasteiger partial charge in [-0.15, -0.1) is 0 Å². The zero-order valence-corrected chi connectivity index (χ0v) is 9.92. The maximum atomic E-state index is 12.9. The summed E-state index contributed by atoms with van der Waals surface area (Å²) in [7, 11) is 0. The molecule has 0 amide bonds. The Hall–Kier alpha value is -2.70. The van der Waals surface area contributed by atoms with Crippen molar-refractivity contribution in [1.82, 2.24) is 19.5 Å². The average molecular weight is 258 g/mol. The first-order valence-corrected chi connectivity index (χ1v) is 5.62. The van der Waals surface area contributed by atoms with Gasteiger partial charge in [0, 0.05) is 0 Å². The third-order valence-electron chi connectivity index (χ3n) is 2.77. The summed E-state index contributed by atoms with van der Waals surface area (Å²) in [5, 5.41) is 0. The SMILES string of the molecule is Nc1nc(N)c2ncn(Cc3ccc(F)cc3)c2n1. The number of fused-ring (bicyclic) bond motifs is 1. The Morgan fingerprint density at radius 2 is 1.84 bits per heavy atom. The normalized spacial score (nSPS) is 11.0. The van der Waals surface area contributed by atoms with Gasteiger partial charge in [-0.25, -0.2) is 9.37 Å². The highest BCUT2D eigenvalue weighted by molar-refractivity contribution is 5.82. The van der Waals surface area contributed by atoms with E-state index in [1.165, 1.54) is 12.1 Å². The van der Waals surface area contributed by atoms with Gasteiger partial charge < -0.3 is 16.0 Å². The van der Waals surface area contributed by atoms with Crippen LogP contribution in [-0.4, -0.2) is 19.5 Å². The van der Waals surface area contributed by atoms with Gasteiger partial charge in [-0.1, -0.05) is 12.1 Å². The molecular formula is C12H11FN6. The van der Waals surface area contributed by atoms with Gasteiger partial charge in [0.25, 0.3) is 0 Å². The van der Waals surface area contributed by atoms with E-state index in [2.05, 4.69) is 15.0 Å². The highest BCUT2D eigenvalue weighted by atomic mass is 19.1. The Kier molecular flexibility index (Phi) is 2.52. The molecule has 0 aliphatic rings. The van der Waals surface area contributed by atoms with Gasteiger partial charge in [0.15, 0.2) is 11.5 Å².